The Bertz CT molecular complexity index is 753. The van der Waals surface area contributed by atoms with E-state index in [4.69, 9.17) is 12.7 Å². The molecular weight excluding hydrogens is 436 g/mol. The van der Waals surface area contributed by atoms with E-state index in [1.54, 1.807) is 0 Å². The third-order valence-corrected chi connectivity index (χ3v) is 3.33. The van der Waals surface area contributed by atoms with Gasteiger partial charge in [-0.1, -0.05) is 24.3 Å². The molecule has 0 aliphatic carbocycles. The third kappa shape index (κ3) is 3.21. The van der Waals surface area contributed by atoms with Crippen molar-refractivity contribution in [2.24, 2.45) is 5.73 Å². The van der Waals surface area contributed by atoms with Gasteiger partial charge in [0.05, 0.1) is 0 Å². The molecule has 3 heteroatoms. The van der Waals surface area contributed by atoms with Crippen LogP contribution in [0.5, 0.6) is 0 Å². The van der Waals surface area contributed by atoms with Gasteiger partial charge in [0.25, 0.3) is 0 Å². The van der Waals surface area contributed by atoms with Crippen LogP contribution in [0, 0.1) is 13.0 Å². The predicted octanol–water partition coefficient (Wildman–Crippen LogP) is 3.41. The summed E-state index contributed by atoms with van der Waals surface area (Å²) < 4.78 is 0. The average Bonchev–Trinajstić information content (AvgIpc) is 2.53. The minimum absolute atomic E-state index is 0. The van der Waals surface area contributed by atoms with Crippen LogP contribution in [0.25, 0.3) is 22.0 Å². The van der Waals surface area contributed by atoms with Crippen molar-refractivity contribution in [1.29, 1.82) is 0 Å². The molecule has 107 valence electrons. The molecule has 0 atom stereocenters. The molecule has 1 aromatic heterocycles. The molecular formula is C18H15IrN2-. The van der Waals surface area contributed by atoms with Gasteiger partial charge < -0.3 is 5.73 Å². The first kappa shape index (κ1) is 15.8. The van der Waals surface area contributed by atoms with Crippen LogP contribution in [0.4, 0.5) is 0 Å². The Balaban J connectivity index is 0.00000161. The van der Waals surface area contributed by atoms with E-state index in [2.05, 4.69) is 23.2 Å². The van der Waals surface area contributed by atoms with Crippen molar-refractivity contribution in [2.75, 3.05) is 0 Å². The second-order valence-electron chi connectivity index (χ2n) is 4.68. The Labute approximate surface area is 138 Å². The molecule has 0 amide bonds. The van der Waals surface area contributed by atoms with Gasteiger partial charge in [-0.05, 0) is 35.9 Å². The fraction of sp³-hybridized carbons (Fsp3) is 0.111. The summed E-state index contributed by atoms with van der Waals surface area (Å²) in [5, 5.41) is 2.25. The van der Waals surface area contributed by atoms with Crippen molar-refractivity contribution in [3.05, 3.63) is 72.8 Å². The van der Waals surface area contributed by atoms with Crippen molar-refractivity contribution in [1.82, 2.24) is 4.98 Å². The maximum atomic E-state index is 5.75. The Hall–Kier alpha value is -1.54. The van der Waals surface area contributed by atoms with E-state index in [9.17, 15) is 0 Å². The molecule has 21 heavy (non-hydrogen) atoms. The summed E-state index contributed by atoms with van der Waals surface area (Å²) in [6.07, 6.45) is 0.475. The maximum Gasteiger partial charge on any atom is 0.0439 e. The van der Waals surface area contributed by atoms with Crippen LogP contribution in [0.1, 0.15) is 11.3 Å². The summed E-state index contributed by atoms with van der Waals surface area (Å²) in [6.45, 7) is 6.12. The van der Waals surface area contributed by atoms with Gasteiger partial charge in [-0.2, -0.15) is 0 Å². The molecule has 2 nitrogen and oxygen atoms in total. The quantitative estimate of drug-likeness (QED) is 0.620. The number of hydrogen-bond acceptors (Lipinski definition) is 2. The number of nitrogens with zero attached hydrogens (tertiary/aromatic N) is 1. The first-order valence-corrected chi connectivity index (χ1v) is 6.62. The van der Waals surface area contributed by atoms with Crippen LogP contribution in [-0.2, 0) is 33.1 Å². The zero-order valence-electron chi connectivity index (χ0n) is 11.5. The van der Waals surface area contributed by atoms with E-state index < -0.39 is 0 Å². The van der Waals surface area contributed by atoms with Crippen LogP contribution in [0.2, 0.25) is 0 Å². The molecule has 0 fully saturated rings. The number of pyridine rings is 1. The minimum Gasteiger partial charge on any atom is -0.325 e. The second-order valence-corrected chi connectivity index (χ2v) is 4.68. The third-order valence-electron chi connectivity index (χ3n) is 3.33. The first-order chi connectivity index (χ1) is 9.81. The van der Waals surface area contributed by atoms with Gasteiger partial charge >= 0.3 is 0 Å². The van der Waals surface area contributed by atoms with E-state index >= 15 is 0 Å². The van der Waals surface area contributed by atoms with Crippen LogP contribution in [0.15, 0.2) is 48.5 Å². The topological polar surface area (TPSA) is 38.9 Å². The van der Waals surface area contributed by atoms with Gasteiger partial charge in [-0.15, -0.1) is 35.4 Å². The number of benzene rings is 2. The summed E-state index contributed by atoms with van der Waals surface area (Å²) in [7, 11) is 0. The molecule has 3 radical (unpaired) electrons. The molecule has 3 aromatic rings. The molecule has 2 aromatic carbocycles. The summed E-state index contributed by atoms with van der Waals surface area (Å²) in [5.41, 5.74) is 9.48. The van der Waals surface area contributed by atoms with Gasteiger partial charge in [0.1, 0.15) is 0 Å². The van der Waals surface area contributed by atoms with Crippen molar-refractivity contribution in [3.63, 3.8) is 0 Å². The molecule has 0 saturated heterocycles. The van der Waals surface area contributed by atoms with E-state index in [1.165, 1.54) is 0 Å². The Kier molecular flexibility index (Phi) is 5.24. The Morgan fingerprint density at radius 3 is 2.67 bits per heavy atom. The van der Waals surface area contributed by atoms with Gasteiger partial charge in [0.2, 0.25) is 0 Å². The monoisotopic (exact) mass is 452 g/mol. The van der Waals surface area contributed by atoms with Crippen LogP contribution in [0.3, 0.4) is 0 Å². The molecule has 3 rings (SSSR count). The van der Waals surface area contributed by atoms with Crippen LogP contribution in [-0.4, -0.2) is 4.98 Å². The molecule has 0 unspecified atom stereocenters. The molecule has 1 heterocycles. The van der Waals surface area contributed by atoms with Crippen LogP contribution >= 0.6 is 0 Å². The van der Waals surface area contributed by atoms with E-state index in [0.717, 1.165) is 33.3 Å². The SMILES string of the molecule is [CH]Cc1[c-]c(-c2nc(CN)cc3ccccc23)ccc1.[Ir]. The van der Waals surface area contributed by atoms with Gasteiger partial charge in [-0.25, -0.2) is 0 Å². The van der Waals surface area contributed by atoms with Crippen molar-refractivity contribution < 1.29 is 20.1 Å². The van der Waals surface area contributed by atoms with Gasteiger partial charge in [0, 0.05) is 32.3 Å². The Morgan fingerprint density at radius 2 is 1.90 bits per heavy atom. The fourth-order valence-corrected chi connectivity index (χ4v) is 2.34. The molecule has 2 N–H and O–H groups in total. The number of nitrogens with two attached hydrogens (primary N) is 1. The van der Waals surface area contributed by atoms with Crippen molar-refractivity contribution >= 4 is 10.8 Å². The summed E-state index contributed by atoms with van der Waals surface area (Å²) in [6, 6.07) is 19.5. The van der Waals surface area contributed by atoms with Crippen LogP contribution < -0.4 is 5.73 Å². The van der Waals surface area contributed by atoms with E-state index in [0.29, 0.717) is 13.0 Å². The summed E-state index contributed by atoms with van der Waals surface area (Å²) >= 11 is 0. The molecule has 0 spiro atoms. The Morgan fingerprint density at radius 1 is 1.10 bits per heavy atom. The predicted molar refractivity (Wildman–Crippen MR) is 81.9 cm³/mol. The van der Waals surface area contributed by atoms with E-state index in [-0.39, 0.29) is 20.1 Å². The first-order valence-electron chi connectivity index (χ1n) is 6.62. The normalized spacial score (nSPS) is 10.4. The zero-order chi connectivity index (χ0) is 13.9. The number of rotatable bonds is 3. The maximum absolute atomic E-state index is 5.75. The standard InChI is InChI=1S/C18H15N2.Ir/c1-2-13-6-5-8-15(10-13)18-17-9-4-3-7-14(17)11-16(12-19)20-18;/h1,3-9,11H,2,12,19H2;/q-1;. The zero-order valence-corrected chi connectivity index (χ0v) is 13.9. The van der Waals surface area contributed by atoms with Crippen molar-refractivity contribution in [3.8, 4) is 11.3 Å². The fourth-order valence-electron chi connectivity index (χ4n) is 2.34. The van der Waals surface area contributed by atoms with E-state index in [1.807, 2.05) is 36.4 Å². The largest absolute Gasteiger partial charge is 0.325 e. The second kappa shape index (κ2) is 6.95. The number of hydrogen-bond donors (Lipinski definition) is 1. The van der Waals surface area contributed by atoms with Gasteiger partial charge in [-0.3, -0.25) is 4.98 Å². The molecule has 0 aliphatic heterocycles. The number of fused-ring (bicyclic) bond motifs is 1. The average molecular weight is 452 g/mol. The number of aromatic nitrogens is 1. The molecule has 0 aliphatic rings. The molecule has 0 saturated carbocycles. The van der Waals surface area contributed by atoms with Crippen molar-refractivity contribution in [2.45, 2.75) is 13.0 Å². The minimum atomic E-state index is 0. The smallest absolute Gasteiger partial charge is 0.0439 e. The summed E-state index contributed by atoms with van der Waals surface area (Å²) in [4.78, 5) is 4.67. The van der Waals surface area contributed by atoms with Gasteiger partial charge in [0.15, 0.2) is 0 Å². The summed E-state index contributed by atoms with van der Waals surface area (Å²) in [5.74, 6) is 0. The molecule has 0 bridgehead atoms.